The zero-order valence-electron chi connectivity index (χ0n) is 2.76. The molecular formula is C4H6MgN. The molecule has 1 aliphatic heterocycles. The van der Waals surface area contributed by atoms with Crippen LogP contribution >= 0.6 is 0 Å². The predicted molar refractivity (Wildman–Crippen MR) is 29.0 cm³/mol. The summed E-state index contributed by atoms with van der Waals surface area (Å²) in [5.74, 6) is 0. The average Bonchev–Trinajstić information content (AvgIpc) is 1.76. The van der Waals surface area contributed by atoms with Crippen molar-refractivity contribution in [1.29, 1.82) is 0 Å². The Labute approximate surface area is 53.3 Å². The molecule has 0 N–H and O–H groups in total. The van der Waals surface area contributed by atoms with Gasteiger partial charge in [0.25, 0.3) is 0 Å². The van der Waals surface area contributed by atoms with Crippen LogP contribution in [0.15, 0.2) is 24.6 Å². The van der Waals surface area contributed by atoms with Crippen LogP contribution in [0.1, 0.15) is 0 Å². The minimum absolute atomic E-state index is 0. The number of allylic oxidation sites excluding steroid dienone is 2. The molecule has 1 aliphatic rings. The maximum atomic E-state index is 3.72. The second kappa shape index (κ2) is 3.24. The summed E-state index contributed by atoms with van der Waals surface area (Å²) in [6, 6.07) is 0. The molecule has 1 nitrogen and oxygen atoms in total. The highest BCUT2D eigenvalue weighted by Crippen LogP contribution is 1.80. The van der Waals surface area contributed by atoms with E-state index in [4.69, 9.17) is 0 Å². The molecule has 1 radical (unpaired) electrons. The SMILES string of the molecule is C1=C[N]C=C1.[MgH2]. The minimum Gasteiger partial charge on any atom is -0.265 e. The van der Waals surface area contributed by atoms with Crippen molar-refractivity contribution >= 4 is 23.1 Å². The fraction of sp³-hybridized carbons (Fsp3) is 0. The summed E-state index contributed by atoms with van der Waals surface area (Å²) in [7, 11) is 0. The van der Waals surface area contributed by atoms with Gasteiger partial charge in [-0.1, -0.05) is 0 Å². The van der Waals surface area contributed by atoms with Gasteiger partial charge in [-0.3, -0.25) is 5.32 Å². The van der Waals surface area contributed by atoms with Crippen molar-refractivity contribution in [2.24, 2.45) is 0 Å². The van der Waals surface area contributed by atoms with Crippen LogP contribution in [0, 0.1) is 0 Å². The van der Waals surface area contributed by atoms with Crippen LogP contribution < -0.4 is 5.32 Å². The molecule has 1 rings (SSSR count). The van der Waals surface area contributed by atoms with Crippen LogP contribution in [0.2, 0.25) is 0 Å². The van der Waals surface area contributed by atoms with Crippen LogP contribution in [0.5, 0.6) is 0 Å². The van der Waals surface area contributed by atoms with Gasteiger partial charge in [-0.2, -0.15) is 0 Å². The molecule has 6 heavy (non-hydrogen) atoms. The molecule has 0 aromatic heterocycles. The standard InChI is InChI=1S/C4H4N.Mg.2H/c1-2-4-5-3-1;;;/h1-4H;;;. The smallest absolute Gasteiger partial charge is 0.265 e. The van der Waals surface area contributed by atoms with E-state index in [9.17, 15) is 0 Å². The van der Waals surface area contributed by atoms with Crippen molar-refractivity contribution in [2.45, 2.75) is 0 Å². The van der Waals surface area contributed by atoms with Gasteiger partial charge in [0.05, 0.1) is 0 Å². The van der Waals surface area contributed by atoms with Gasteiger partial charge in [-0.15, -0.1) is 0 Å². The number of nitrogens with zero attached hydrogens (tertiary/aromatic N) is 1. The Morgan fingerprint density at radius 3 is 1.67 bits per heavy atom. The first-order valence-corrected chi connectivity index (χ1v) is 1.52. The largest absolute Gasteiger partial charge is 0.316 e. The number of hydrogen-bond acceptors (Lipinski definition) is 0. The molecule has 0 aromatic carbocycles. The fourth-order valence-corrected chi connectivity index (χ4v) is 0.248. The first-order chi connectivity index (χ1) is 2.50. The average molecular weight is 92.4 g/mol. The van der Waals surface area contributed by atoms with Gasteiger partial charge in [0.15, 0.2) is 0 Å². The maximum absolute atomic E-state index is 3.72. The lowest BCUT2D eigenvalue weighted by atomic mass is 10.6. The molecule has 0 saturated carbocycles. The molecule has 0 saturated heterocycles. The summed E-state index contributed by atoms with van der Waals surface area (Å²) in [5, 5.41) is 3.72. The quantitative estimate of drug-likeness (QED) is 0.365. The molecular weight excluding hydrogens is 86.4 g/mol. The monoisotopic (exact) mass is 92.0 g/mol. The maximum Gasteiger partial charge on any atom is 0.316 e. The lowest BCUT2D eigenvalue weighted by Crippen LogP contribution is -1.68. The van der Waals surface area contributed by atoms with Gasteiger partial charge in [-0.05, 0) is 12.2 Å². The molecule has 0 aliphatic carbocycles. The number of hydrogen-bond donors (Lipinski definition) is 0. The Morgan fingerprint density at radius 1 is 1.00 bits per heavy atom. The lowest BCUT2D eigenvalue weighted by Gasteiger charge is -1.63. The molecule has 0 bridgehead atoms. The van der Waals surface area contributed by atoms with Crippen LogP contribution in [0.3, 0.4) is 0 Å². The van der Waals surface area contributed by atoms with Crippen LogP contribution in [-0.2, 0) is 0 Å². The van der Waals surface area contributed by atoms with Crippen molar-refractivity contribution in [2.75, 3.05) is 0 Å². The van der Waals surface area contributed by atoms with Crippen molar-refractivity contribution in [3.63, 3.8) is 0 Å². The van der Waals surface area contributed by atoms with Gasteiger partial charge in [-0.25, -0.2) is 0 Å². The fourth-order valence-electron chi connectivity index (χ4n) is 0.248. The first-order valence-electron chi connectivity index (χ1n) is 1.52. The van der Waals surface area contributed by atoms with E-state index in [1.165, 1.54) is 0 Å². The van der Waals surface area contributed by atoms with Crippen LogP contribution in [-0.4, -0.2) is 23.1 Å². The molecule has 0 unspecified atom stereocenters. The van der Waals surface area contributed by atoms with E-state index in [1.54, 1.807) is 12.4 Å². The lowest BCUT2D eigenvalue weighted by molar-refractivity contribution is 1.21. The Hall–Kier alpha value is 0.0462. The van der Waals surface area contributed by atoms with Gasteiger partial charge in [0.1, 0.15) is 0 Å². The second-order valence-electron chi connectivity index (χ2n) is 0.832. The summed E-state index contributed by atoms with van der Waals surface area (Å²) in [4.78, 5) is 0. The summed E-state index contributed by atoms with van der Waals surface area (Å²) in [5.41, 5.74) is 0. The predicted octanol–water partition coefficient (Wildman–Crippen LogP) is -0.284. The summed E-state index contributed by atoms with van der Waals surface area (Å²) in [6.45, 7) is 0. The van der Waals surface area contributed by atoms with E-state index in [1.807, 2.05) is 12.2 Å². The van der Waals surface area contributed by atoms with Crippen molar-refractivity contribution in [3.8, 4) is 0 Å². The van der Waals surface area contributed by atoms with Crippen LogP contribution in [0.25, 0.3) is 0 Å². The van der Waals surface area contributed by atoms with E-state index in [0.717, 1.165) is 0 Å². The van der Waals surface area contributed by atoms with Crippen molar-refractivity contribution in [3.05, 3.63) is 24.6 Å². The third-order valence-corrected chi connectivity index (χ3v) is 0.455. The third kappa shape index (κ3) is 1.47. The highest BCUT2D eigenvalue weighted by Gasteiger charge is 1.71. The molecule has 0 fully saturated rings. The molecule has 1 heterocycles. The van der Waals surface area contributed by atoms with Gasteiger partial charge < -0.3 is 0 Å². The highest BCUT2D eigenvalue weighted by atomic mass is 24.3. The Balaban J connectivity index is 0.000000250. The van der Waals surface area contributed by atoms with Crippen LogP contribution in [0.4, 0.5) is 0 Å². The molecule has 0 spiro atoms. The number of rotatable bonds is 0. The zero-order chi connectivity index (χ0) is 3.54. The molecule has 0 amide bonds. The van der Waals surface area contributed by atoms with E-state index >= 15 is 0 Å². The van der Waals surface area contributed by atoms with E-state index < -0.39 is 0 Å². The molecule has 0 atom stereocenters. The van der Waals surface area contributed by atoms with E-state index in [0.29, 0.717) is 0 Å². The van der Waals surface area contributed by atoms with Gasteiger partial charge in [0, 0.05) is 12.4 Å². The molecule has 0 aromatic rings. The second-order valence-corrected chi connectivity index (χ2v) is 0.832. The summed E-state index contributed by atoms with van der Waals surface area (Å²) >= 11 is 0. The minimum atomic E-state index is 0. The Bertz CT molecular complexity index is 65.6. The summed E-state index contributed by atoms with van der Waals surface area (Å²) < 4.78 is 0. The topological polar surface area (TPSA) is 14.1 Å². The normalized spacial score (nSPS) is 13.3. The van der Waals surface area contributed by atoms with Crippen molar-refractivity contribution < 1.29 is 0 Å². The van der Waals surface area contributed by atoms with Crippen molar-refractivity contribution in [1.82, 2.24) is 5.32 Å². The zero-order valence-corrected chi connectivity index (χ0v) is 2.76. The first kappa shape index (κ1) is 6.05. The van der Waals surface area contributed by atoms with Gasteiger partial charge >= 0.3 is 23.1 Å². The van der Waals surface area contributed by atoms with Gasteiger partial charge in [0.2, 0.25) is 0 Å². The highest BCUT2D eigenvalue weighted by molar-refractivity contribution is 5.75. The third-order valence-electron chi connectivity index (χ3n) is 0.455. The Morgan fingerprint density at radius 2 is 1.50 bits per heavy atom. The molecule has 29 valence electrons. The van der Waals surface area contributed by atoms with E-state index in [-0.39, 0.29) is 23.1 Å². The summed E-state index contributed by atoms with van der Waals surface area (Å²) in [6.07, 6.45) is 7.28. The molecule has 2 heteroatoms. The Kier molecular flexibility index (Phi) is 3.27. The van der Waals surface area contributed by atoms with E-state index in [2.05, 4.69) is 5.32 Å².